The van der Waals surface area contributed by atoms with Gasteiger partial charge in [0.1, 0.15) is 16.3 Å². The third kappa shape index (κ3) is 5.49. The third-order valence-electron chi connectivity index (χ3n) is 5.57. The minimum Gasteiger partial charge on any atom is -0.467 e. The molecule has 0 bridgehead atoms. The fourth-order valence-corrected chi connectivity index (χ4v) is 5.33. The molecule has 11 heteroatoms. The lowest BCUT2D eigenvalue weighted by molar-refractivity contribution is 0.101. The molecule has 1 aliphatic rings. The maximum atomic E-state index is 12.9. The van der Waals surface area contributed by atoms with E-state index in [9.17, 15) is 18.0 Å². The van der Waals surface area contributed by atoms with Crippen molar-refractivity contribution in [3.63, 3.8) is 0 Å². The van der Waals surface area contributed by atoms with Gasteiger partial charge in [0.05, 0.1) is 12.8 Å². The van der Waals surface area contributed by atoms with E-state index in [-0.39, 0.29) is 23.2 Å². The summed E-state index contributed by atoms with van der Waals surface area (Å²) in [6, 6.07) is 11.1. The van der Waals surface area contributed by atoms with Gasteiger partial charge in [-0.1, -0.05) is 6.42 Å². The largest absolute Gasteiger partial charge is 0.467 e. The summed E-state index contributed by atoms with van der Waals surface area (Å²) in [5, 5.41) is 8.13. The molecule has 180 valence electrons. The number of sulfonamides is 1. The summed E-state index contributed by atoms with van der Waals surface area (Å²) in [4.78, 5) is 24.9. The van der Waals surface area contributed by atoms with Gasteiger partial charge in [-0.2, -0.15) is 4.31 Å². The molecule has 10 nitrogen and oxygen atoms in total. The second-order valence-corrected chi connectivity index (χ2v) is 9.99. The molecule has 0 spiro atoms. The number of aromatic nitrogens is 1. The van der Waals surface area contributed by atoms with Crippen LogP contribution >= 0.6 is 0 Å². The van der Waals surface area contributed by atoms with Crippen molar-refractivity contribution in [3.05, 3.63) is 66.4 Å². The Hall–Kier alpha value is -3.57. The van der Waals surface area contributed by atoms with E-state index in [0.29, 0.717) is 30.2 Å². The zero-order valence-electron chi connectivity index (χ0n) is 18.8. The molecule has 3 heterocycles. The van der Waals surface area contributed by atoms with Crippen molar-refractivity contribution in [2.45, 2.75) is 30.7 Å². The Labute approximate surface area is 198 Å². The zero-order valence-corrected chi connectivity index (χ0v) is 19.6. The molecule has 1 aliphatic heterocycles. The summed E-state index contributed by atoms with van der Waals surface area (Å²) in [6.45, 7) is 1.26. The molecule has 0 atom stereocenters. The Kier molecular flexibility index (Phi) is 7.03. The molecule has 0 aliphatic carbocycles. The molecule has 0 radical (unpaired) electrons. The fourth-order valence-electron chi connectivity index (χ4n) is 3.74. The van der Waals surface area contributed by atoms with E-state index < -0.39 is 15.9 Å². The van der Waals surface area contributed by atoms with Crippen LogP contribution in [0.15, 0.2) is 64.2 Å². The lowest BCUT2D eigenvalue weighted by Gasteiger charge is -2.25. The second-order valence-electron chi connectivity index (χ2n) is 8.06. The summed E-state index contributed by atoms with van der Waals surface area (Å²) in [5.74, 6) is 0.209. The van der Waals surface area contributed by atoms with E-state index >= 15 is 0 Å². The average Bonchev–Trinajstić information content (AvgIpc) is 3.49. The van der Waals surface area contributed by atoms with Crippen LogP contribution in [0.25, 0.3) is 0 Å². The van der Waals surface area contributed by atoms with Crippen LogP contribution in [0.1, 0.15) is 35.5 Å². The topological polar surface area (TPSA) is 126 Å². The Morgan fingerprint density at radius 3 is 2.32 bits per heavy atom. The molecule has 3 aromatic rings. The summed E-state index contributed by atoms with van der Waals surface area (Å²) in [6.07, 6.45) is 5.71. The van der Waals surface area contributed by atoms with Crippen LogP contribution in [-0.4, -0.2) is 42.3 Å². The van der Waals surface area contributed by atoms with E-state index in [1.165, 1.54) is 27.4 Å². The van der Waals surface area contributed by atoms with Crippen LogP contribution in [-0.2, 0) is 23.6 Å². The molecular formula is C23H27N5O5S. The number of nitrogens with one attached hydrogen (secondary N) is 3. The molecular weight excluding hydrogens is 458 g/mol. The normalized spacial score (nSPS) is 14.5. The van der Waals surface area contributed by atoms with Crippen molar-refractivity contribution in [1.29, 1.82) is 0 Å². The molecule has 4 rings (SSSR count). The standard InChI is InChI=1S/C23H27N5O5S/c1-27-16-20(34(31,32)28-11-3-2-4-12-28)14-21(27)22(29)25-17-7-9-18(10-8-17)26-23(30)24-15-19-6-5-13-33-19/h5-10,13-14,16H,2-4,11-12,15H2,1H3,(H,25,29)(H2,24,26,30). The maximum absolute atomic E-state index is 12.9. The van der Waals surface area contributed by atoms with Crippen LogP contribution < -0.4 is 16.0 Å². The van der Waals surface area contributed by atoms with Gasteiger partial charge in [0.15, 0.2) is 0 Å². The molecule has 1 aromatic carbocycles. The number of rotatable bonds is 7. The highest BCUT2D eigenvalue weighted by Crippen LogP contribution is 2.23. The number of urea groups is 1. The van der Waals surface area contributed by atoms with Gasteiger partial charge in [0.25, 0.3) is 5.91 Å². The van der Waals surface area contributed by atoms with Crippen molar-refractivity contribution in [3.8, 4) is 0 Å². The lowest BCUT2D eigenvalue weighted by atomic mass is 10.2. The Morgan fingerprint density at radius 1 is 1.00 bits per heavy atom. The summed E-state index contributed by atoms with van der Waals surface area (Å²) in [5.41, 5.74) is 1.28. The van der Waals surface area contributed by atoms with Crippen molar-refractivity contribution in [2.75, 3.05) is 23.7 Å². The number of hydrogen-bond acceptors (Lipinski definition) is 5. The number of furan rings is 1. The summed E-state index contributed by atoms with van der Waals surface area (Å²) >= 11 is 0. The van der Waals surface area contributed by atoms with Crippen molar-refractivity contribution >= 4 is 33.3 Å². The van der Waals surface area contributed by atoms with Gasteiger partial charge in [0, 0.05) is 37.7 Å². The lowest BCUT2D eigenvalue weighted by Crippen LogP contribution is -2.35. The van der Waals surface area contributed by atoms with Crippen LogP contribution in [0.2, 0.25) is 0 Å². The fraction of sp³-hybridized carbons (Fsp3) is 0.304. The van der Waals surface area contributed by atoms with Crippen LogP contribution in [0.3, 0.4) is 0 Å². The van der Waals surface area contributed by atoms with Gasteiger partial charge >= 0.3 is 6.03 Å². The number of aryl methyl sites for hydroxylation is 1. The molecule has 3 N–H and O–H groups in total. The van der Waals surface area contributed by atoms with Crippen molar-refractivity contribution < 1.29 is 22.4 Å². The van der Waals surface area contributed by atoms with Gasteiger partial charge in [-0.3, -0.25) is 4.79 Å². The number of anilines is 2. The van der Waals surface area contributed by atoms with E-state index in [0.717, 1.165) is 19.3 Å². The first-order valence-corrected chi connectivity index (χ1v) is 12.4. The Morgan fingerprint density at radius 2 is 1.68 bits per heavy atom. The van der Waals surface area contributed by atoms with Crippen molar-refractivity contribution in [2.24, 2.45) is 7.05 Å². The van der Waals surface area contributed by atoms with Crippen molar-refractivity contribution in [1.82, 2.24) is 14.2 Å². The van der Waals surface area contributed by atoms with Gasteiger partial charge in [-0.05, 0) is 55.3 Å². The highest BCUT2D eigenvalue weighted by Gasteiger charge is 2.28. The first-order chi connectivity index (χ1) is 16.3. The minimum absolute atomic E-state index is 0.113. The summed E-state index contributed by atoms with van der Waals surface area (Å²) < 4.78 is 34.0. The Bertz CT molecular complexity index is 1240. The average molecular weight is 486 g/mol. The zero-order chi connectivity index (χ0) is 24.1. The third-order valence-corrected chi connectivity index (χ3v) is 7.43. The Balaban J connectivity index is 1.36. The molecule has 34 heavy (non-hydrogen) atoms. The van der Waals surface area contributed by atoms with Gasteiger partial charge in [-0.15, -0.1) is 0 Å². The second kappa shape index (κ2) is 10.1. The smallest absolute Gasteiger partial charge is 0.319 e. The van der Waals surface area contributed by atoms with Gasteiger partial charge < -0.3 is 24.9 Å². The number of hydrogen-bond donors (Lipinski definition) is 3. The highest BCUT2D eigenvalue weighted by atomic mass is 32.2. The minimum atomic E-state index is -3.63. The van der Waals surface area contributed by atoms with Crippen LogP contribution in [0.5, 0.6) is 0 Å². The molecule has 0 saturated carbocycles. The number of amides is 3. The van der Waals surface area contributed by atoms with E-state index in [1.54, 1.807) is 43.4 Å². The number of carbonyl (C=O) groups is 2. The molecule has 1 saturated heterocycles. The van der Waals surface area contributed by atoms with Gasteiger partial charge in [-0.25, -0.2) is 13.2 Å². The molecule has 2 aromatic heterocycles. The predicted molar refractivity (Wildman–Crippen MR) is 127 cm³/mol. The molecule has 1 fully saturated rings. The van der Waals surface area contributed by atoms with E-state index in [2.05, 4.69) is 16.0 Å². The highest BCUT2D eigenvalue weighted by molar-refractivity contribution is 7.89. The van der Waals surface area contributed by atoms with Crippen LogP contribution in [0.4, 0.5) is 16.2 Å². The van der Waals surface area contributed by atoms with Crippen LogP contribution in [0, 0.1) is 0 Å². The predicted octanol–water partition coefficient (Wildman–Crippen LogP) is 3.37. The number of benzene rings is 1. The number of carbonyl (C=O) groups excluding carboxylic acids is 2. The summed E-state index contributed by atoms with van der Waals surface area (Å²) in [7, 11) is -1.99. The molecule has 3 amide bonds. The number of piperidine rings is 1. The van der Waals surface area contributed by atoms with E-state index in [1.807, 2.05) is 0 Å². The SMILES string of the molecule is Cn1cc(S(=O)(=O)N2CCCCC2)cc1C(=O)Nc1ccc(NC(=O)NCc2ccco2)cc1. The molecule has 0 unspecified atom stereocenters. The quantitative estimate of drug-likeness (QED) is 0.473. The number of nitrogens with zero attached hydrogens (tertiary/aromatic N) is 2. The maximum Gasteiger partial charge on any atom is 0.319 e. The van der Waals surface area contributed by atoms with E-state index in [4.69, 9.17) is 4.42 Å². The van der Waals surface area contributed by atoms with Gasteiger partial charge in [0.2, 0.25) is 10.0 Å². The first kappa shape index (κ1) is 23.6. The first-order valence-electron chi connectivity index (χ1n) is 11.0. The monoisotopic (exact) mass is 485 g/mol.